The normalized spacial score (nSPS) is 22.0. The molecule has 0 radical (unpaired) electrons. The van der Waals surface area contributed by atoms with Crippen LogP contribution in [-0.2, 0) is 0 Å². The minimum atomic E-state index is -1.40. The van der Waals surface area contributed by atoms with Gasteiger partial charge in [0.05, 0.1) is 0 Å². The summed E-state index contributed by atoms with van der Waals surface area (Å²) in [4.78, 5) is 25.7. The first-order valence-corrected chi connectivity index (χ1v) is 5.80. The van der Waals surface area contributed by atoms with Crippen LogP contribution in [0.2, 0.25) is 0 Å². The van der Waals surface area contributed by atoms with Crippen molar-refractivity contribution < 1.29 is 24.2 Å². The van der Waals surface area contributed by atoms with Gasteiger partial charge in [-0.1, -0.05) is 20.3 Å². The Hall–Kier alpha value is -1.85. The molecule has 1 aliphatic carbocycles. The monoisotopic (exact) mass is 253 g/mol. The average molecular weight is 253 g/mol. The third kappa shape index (κ3) is 1.98. The molecule has 0 aliphatic heterocycles. The van der Waals surface area contributed by atoms with Crippen LogP contribution in [0.15, 0.2) is 4.42 Å². The van der Waals surface area contributed by atoms with Crippen molar-refractivity contribution in [3.63, 3.8) is 0 Å². The number of carboxylic acid groups (broad SMARTS) is 2. The molecule has 98 valence electrons. The van der Waals surface area contributed by atoms with E-state index in [1.165, 1.54) is 0 Å². The smallest absolute Gasteiger partial charge is 0.374 e. The first-order chi connectivity index (χ1) is 8.33. The Morgan fingerprint density at radius 1 is 1.33 bits per heavy atom. The largest absolute Gasteiger partial charge is 0.476 e. The fourth-order valence-electron chi connectivity index (χ4n) is 2.56. The van der Waals surface area contributed by atoms with Gasteiger partial charge >= 0.3 is 11.9 Å². The van der Waals surface area contributed by atoms with Crippen molar-refractivity contribution in [1.82, 2.24) is 4.98 Å². The molecule has 1 saturated carbocycles. The number of oxazole rings is 1. The second kappa shape index (κ2) is 4.12. The summed E-state index contributed by atoms with van der Waals surface area (Å²) in [6.07, 6.45) is 2.83. The van der Waals surface area contributed by atoms with Gasteiger partial charge < -0.3 is 14.6 Å². The summed E-state index contributed by atoms with van der Waals surface area (Å²) in [6, 6.07) is 0. The molecule has 18 heavy (non-hydrogen) atoms. The van der Waals surface area contributed by atoms with Gasteiger partial charge in [-0.25, -0.2) is 14.6 Å². The predicted octanol–water partition coefficient (Wildman–Crippen LogP) is 2.36. The van der Waals surface area contributed by atoms with Crippen LogP contribution < -0.4 is 0 Å². The van der Waals surface area contributed by atoms with E-state index < -0.39 is 23.4 Å². The number of hydrogen-bond acceptors (Lipinski definition) is 4. The molecule has 2 rings (SSSR count). The second-order valence-corrected chi connectivity index (χ2v) is 5.27. The Morgan fingerprint density at radius 2 is 2.00 bits per heavy atom. The first kappa shape index (κ1) is 12.6. The highest BCUT2D eigenvalue weighted by Gasteiger charge is 2.40. The van der Waals surface area contributed by atoms with Crippen molar-refractivity contribution in [2.45, 2.75) is 39.0 Å². The molecule has 1 heterocycles. The van der Waals surface area contributed by atoms with Crippen molar-refractivity contribution in [2.24, 2.45) is 5.41 Å². The Bertz CT molecular complexity index is 471. The van der Waals surface area contributed by atoms with E-state index in [-0.39, 0.29) is 17.2 Å². The summed E-state index contributed by atoms with van der Waals surface area (Å²) in [5.74, 6) is -3.16. The van der Waals surface area contributed by atoms with Gasteiger partial charge in [0.25, 0.3) is 0 Å². The zero-order chi connectivity index (χ0) is 13.5. The highest BCUT2D eigenvalue weighted by molar-refractivity contribution is 5.98. The topological polar surface area (TPSA) is 101 Å². The molecule has 0 aromatic carbocycles. The highest BCUT2D eigenvalue weighted by Crippen LogP contribution is 2.48. The number of carbonyl (C=O) groups is 2. The molecule has 1 atom stereocenters. The van der Waals surface area contributed by atoms with Crippen LogP contribution in [0.25, 0.3) is 0 Å². The Balaban J connectivity index is 2.44. The maximum Gasteiger partial charge on any atom is 0.374 e. The van der Waals surface area contributed by atoms with Gasteiger partial charge in [-0.05, 0) is 18.3 Å². The van der Waals surface area contributed by atoms with E-state index in [0.717, 1.165) is 19.3 Å². The number of aromatic carboxylic acids is 2. The molecule has 0 spiro atoms. The standard InChI is InChI=1S/C12H15NO5/c1-12(2)5-3-4-6(12)9-13-7(10(14)15)8(18-9)11(16)17/h6H,3-5H2,1-2H3,(H,14,15)(H,16,17). The lowest BCUT2D eigenvalue weighted by Crippen LogP contribution is -2.15. The van der Waals surface area contributed by atoms with Crippen molar-refractivity contribution in [1.29, 1.82) is 0 Å². The summed E-state index contributed by atoms with van der Waals surface area (Å²) in [5.41, 5.74) is -0.559. The van der Waals surface area contributed by atoms with Crippen LogP contribution in [0.3, 0.4) is 0 Å². The molecule has 1 fully saturated rings. The van der Waals surface area contributed by atoms with Crippen LogP contribution in [0, 0.1) is 5.41 Å². The summed E-state index contributed by atoms with van der Waals surface area (Å²) in [5, 5.41) is 17.8. The van der Waals surface area contributed by atoms with E-state index in [0.29, 0.717) is 0 Å². The van der Waals surface area contributed by atoms with E-state index >= 15 is 0 Å². The Kier molecular flexibility index (Phi) is 2.88. The Morgan fingerprint density at radius 3 is 2.39 bits per heavy atom. The molecule has 0 amide bonds. The SMILES string of the molecule is CC1(C)CCCC1c1nc(C(=O)O)c(C(=O)O)o1. The van der Waals surface area contributed by atoms with Gasteiger partial charge in [0.15, 0.2) is 5.89 Å². The average Bonchev–Trinajstić information content (AvgIpc) is 2.80. The van der Waals surface area contributed by atoms with Crippen LogP contribution >= 0.6 is 0 Å². The molecular weight excluding hydrogens is 238 g/mol. The van der Waals surface area contributed by atoms with E-state index in [2.05, 4.69) is 18.8 Å². The zero-order valence-corrected chi connectivity index (χ0v) is 10.3. The third-order valence-electron chi connectivity index (χ3n) is 3.60. The van der Waals surface area contributed by atoms with E-state index in [4.69, 9.17) is 14.6 Å². The van der Waals surface area contributed by atoms with Gasteiger partial charge in [-0.15, -0.1) is 0 Å². The van der Waals surface area contributed by atoms with E-state index in [1.807, 2.05) is 0 Å². The van der Waals surface area contributed by atoms with E-state index in [1.54, 1.807) is 0 Å². The lowest BCUT2D eigenvalue weighted by molar-refractivity contribution is 0.0622. The van der Waals surface area contributed by atoms with Gasteiger partial charge in [0.1, 0.15) is 0 Å². The van der Waals surface area contributed by atoms with Crippen LogP contribution in [-0.4, -0.2) is 27.1 Å². The summed E-state index contributed by atoms with van der Waals surface area (Å²) >= 11 is 0. The van der Waals surface area contributed by atoms with Crippen molar-refractivity contribution in [3.8, 4) is 0 Å². The second-order valence-electron chi connectivity index (χ2n) is 5.27. The molecule has 6 nitrogen and oxygen atoms in total. The van der Waals surface area contributed by atoms with Crippen LogP contribution in [0.4, 0.5) is 0 Å². The fourth-order valence-corrected chi connectivity index (χ4v) is 2.56. The zero-order valence-electron chi connectivity index (χ0n) is 10.3. The quantitative estimate of drug-likeness (QED) is 0.857. The maximum atomic E-state index is 10.9. The predicted molar refractivity (Wildman–Crippen MR) is 60.8 cm³/mol. The number of aromatic nitrogens is 1. The molecule has 2 N–H and O–H groups in total. The lowest BCUT2D eigenvalue weighted by atomic mass is 9.82. The first-order valence-electron chi connectivity index (χ1n) is 5.80. The number of carboxylic acids is 2. The van der Waals surface area contributed by atoms with Crippen molar-refractivity contribution in [3.05, 3.63) is 17.3 Å². The minimum Gasteiger partial charge on any atom is -0.476 e. The van der Waals surface area contributed by atoms with E-state index in [9.17, 15) is 9.59 Å². The van der Waals surface area contributed by atoms with Crippen molar-refractivity contribution in [2.75, 3.05) is 0 Å². The van der Waals surface area contributed by atoms with Crippen LogP contribution in [0.1, 0.15) is 66.0 Å². The van der Waals surface area contributed by atoms with Gasteiger partial charge in [-0.2, -0.15) is 0 Å². The molecule has 1 aliphatic rings. The minimum absolute atomic E-state index is 0.0244. The Labute approximate surface area is 104 Å². The molecule has 1 aromatic heterocycles. The lowest BCUT2D eigenvalue weighted by Gasteiger charge is -2.23. The van der Waals surface area contributed by atoms with Gasteiger partial charge in [0.2, 0.25) is 11.5 Å². The molecular formula is C12H15NO5. The number of hydrogen-bond donors (Lipinski definition) is 2. The summed E-state index contributed by atoms with van der Waals surface area (Å²) in [7, 11) is 0. The number of rotatable bonds is 3. The summed E-state index contributed by atoms with van der Waals surface area (Å²) in [6.45, 7) is 4.10. The van der Waals surface area contributed by atoms with Gasteiger partial charge in [-0.3, -0.25) is 0 Å². The molecule has 0 saturated heterocycles. The molecule has 1 unspecified atom stereocenters. The fraction of sp³-hybridized carbons (Fsp3) is 0.583. The third-order valence-corrected chi connectivity index (χ3v) is 3.60. The molecule has 6 heteroatoms. The molecule has 0 bridgehead atoms. The van der Waals surface area contributed by atoms with Gasteiger partial charge in [0, 0.05) is 5.92 Å². The van der Waals surface area contributed by atoms with Crippen LogP contribution in [0.5, 0.6) is 0 Å². The van der Waals surface area contributed by atoms with Crippen molar-refractivity contribution >= 4 is 11.9 Å². The maximum absolute atomic E-state index is 10.9. The number of nitrogens with zero attached hydrogens (tertiary/aromatic N) is 1. The highest BCUT2D eigenvalue weighted by atomic mass is 16.4. The molecule has 1 aromatic rings. The summed E-state index contributed by atoms with van der Waals surface area (Å²) < 4.78 is 5.17.